The van der Waals surface area contributed by atoms with Crippen LogP contribution in [0.25, 0.3) is 0 Å². The minimum atomic E-state index is -3.75. The molecule has 0 bridgehead atoms. The Morgan fingerprint density at radius 3 is 2.29 bits per heavy atom. The average Bonchev–Trinajstić information content (AvgIpc) is 2.59. The molecule has 130 valence electrons. The molecule has 0 aliphatic rings. The van der Waals surface area contributed by atoms with Crippen molar-refractivity contribution >= 4 is 21.6 Å². The second kappa shape index (κ2) is 8.23. The van der Waals surface area contributed by atoms with Crippen molar-refractivity contribution in [1.29, 1.82) is 0 Å². The fourth-order valence-corrected chi connectivity index (χ4v) is 3.27. The van der Waals surface area contributed by atoms with Gasteiger partial charge in [-0.1, -0.05) is 11.6 Å². The Labute approximate surface area is 146 Å². The first-order chi connectivity index (χ1) is 11.5. The first kappa shape index (κ1) is 18.4. The Morgan fingerprint density at radius 2 is 1.67 bits per heavy atom. The third kappa shape index (κ3) is 4.77. The molecule has 0 radical (unpaired) electrons. The van der Waals surface area contributed by atoms with Crippen molar-refractivity contribution in [2.24, 2.45) is 0 Å². The number of sulfonamides is 1. The zero-order valence-electron chi connectivity index (χ0n) is 13.3. The molecule has 0 saturated carbocycles. The predicted molar refractivity (Wildman–Crippen MR) is 91.7 cm³/mol. The maximum absolute atomic E-state index is 12.4. The van der Waals surface area contributed by atoms with Crippen LogP contribution in [0.15, 0.2) is 47.4 Å². The minimum Gasteiger partial charge on any atom is -0.497 e. The van der Waals surface area contributed by atoms with E-state index >= 15 is 0 Å². The van der Waals surface area contributed by atoms with Gasteiger partial charge in [-0.05, 0) is 36.4 Å². The first-order valence-corrected chi connectivity index (χ1v) is 8.92. The summed E-state index contributed by atoms with van der Waals surface area (Å²) in [6.07, 6.45) is 0. The summed E-state index contributed by atoms with van der Waals surface area (Å²) in [4.78, 5) is 0.0100. The standard InChI is InChI=1S/C16H18ClNO5S/c1-21-14-7-8-15(22-2)16(11-14)24(19,20)18-9-10-23-13-5-3-12(17)4-6-13/h3-8,11,18H,9-10H2,1-2H3. The number of halogens is 1. The normalized spacial score (nSPS) is 11.1. The predicted octanol–water partition coefficient (Wildman–Crippen LogP) is 2.71. The van der Waals surface area contributed by atoms with Gasteiger partial charge in [0.05, 0.1) is 14.2 Å². The van der Waals surface area contributed by atoms with E-state index in [1.54, 1.807) is 30.3 Å². The van der Waals surface area contributed by atoms with Crippen molar-refractivity contribution < 1.29 is 22.6 Å². The van der Waals surface area contributed by atoms with Crippen LogP contribution in [0.4, 0.5) is 0 Å². The van der Waals surface area contributed by atoms with Gasteiger partial charge in [-0.3, -0.25) is 0 Å². The molecule has 0 heterocycles. The van der Waals surface area contributed by atoms with Crippen LogP contribution in [-0.4, -0.2) is 35.8 Å². The summed E-state index contributed by atoms with van der Waals surface area (Å²) >= 11 is 5.78. The lowest BCUT2D eigenvalue weighted by atomic mass is 10.3. The first-order valence-electron chi connectivity index (χ1n) is 7.06. The molecule has 0 unspecified atom stereocenters. The molecule has 2 aromatic carbocycles. The van der Waals surface area contributed by atoms with Crippen LogP contribution in [0.5, 0.6) is 17.2 Å². The van der Waals surface area contributed by atoms with Gasteiger partial charge in [0, 0.05) is 17.6 Å². The quantitative estimate of drug-likeness (QED) is 0.722. The maximum Gasteiger partial charge on any atom is 0.244 e. The van der Waals surface area contributed by atoms with Gasteiger partial charge in [0.25, 0.3) is 0 Å². The molecule has 1 N–H and O–H groups in total. The molecule has 0 amide bonds. The summed E-state index contributed by atoms with van der Waals surface area (Å²) in [5, 5.41) is 0.605. The van der Waals surface area contributed by atoms with Crippen molar-refractivity contribution in [1.82, 2.24) is 4.72 Å². The molecular weight excluding hydrogens is 354 g/mol. The van der Waals surface area contributed by atoms with Gasteiger partial charge in [0.15, 0.2) is 0 Å². The molecule has 0 aromatic heterocycles. The third-order valence-electron chi connectivity index (χ3n) is 3.14. The molecule has 6 nitrogen and oxygen atoms in total. The number of methoxy groups -OCH3 is 2. The molecule has 0 spiro atoms. The number of benzene rings is 2. The van der Waals surface area contributed by atoms with E-state index in [0.29, 0.717) is 16.5 Å². The summed E-state index contributed by atoms with van der Waals surface area (Å²) in [7, 11) is -0.882. The molecule has 0 aliphatic heterocycles. The molecule has 0 saturated heterocycles. The molecule has 0 aliphatic carbocycles. The van der Waals surface area contributed by atoms with Gasteiger partial charge in [0.2, 0.25) is 10.0 Å². The monoisotopic (exact) mass is 371 g/mol. The van der Waals surface area contributed by atoms with Crippen LogP contribution in [0.1, 0.15) is 0 Å². The number of hydrogen-bond donors (Lipinski definition) is 1. The van der Waals surface area contributed by atoms with E-state index in [4.69, 9.17) is 25.8 Å². The summed E-state index contributed by atoms with van der Waals surface area (Å²) < 4.78 is 42.9. The maximum atomic E-state index is 12.4. The van der Waals surface area contributed by atoms with Crippen molar-refractivity contribution in [3.05, 3.63) is 47.5 Å². The second-order valence-corrected chi connectivity index (χ2v) is 6.89. The Balaban J connectivity index is 1.99. The van der Waals surface area contributed by atoms with Crippen molar-refractivity contribution in [3.8, 4) is 17.2 Å². The Bertz CT molecular complexity index is 778. The average molecular weight is 372 g/mol. The van der Waals surface area contributed by atoms with Crippen LogP contribution < -0.4 is 18.9 Å². The summed E-state index contributed by atoms with van der Waals surface area (Å²) in [5.41, 5.74) is 0. The van der Waals surface area contributed by atoms with E-state index in [-0.39, 0.29) is 23.8 Å². The molecular formula is C16H18ClNO5S. The fourth-order valence-electron chi connectivity index (χ4n) is 1.95. The minimum absolute atomic E-state index is 0.0100. The van der Waals surface area contributed by atoms with E-state index < -0.39 is 10.0 Å². The lowest BCUT2D eigenvalue weighted by Crippen LogP contribution is -2.28. The zero-order valence-corrected chi connectivity index (χ0v) is 14.9. The highest BCUT2D eigenvalue weighted by molar-refractivity contribution is 7.89. The fraction of sp³-hybridized carbons (Fsp3) is 0.250. The largest absolute Gasteiger partial charge is 0.497 e. The second-order valence-electron chi connectivity index (χ2n) is 4.72. The Morgan fingerprint density at radius 1 is 1.00 bits per heavy atom. The molecule has 0 atom stereocenters. The zero-order chi connectivity index (χ0) is 17.6. The van der Waals surface area contributed by atoms with Crippen molar-refractivity contribution in [2.45, 2.75) is 4.90 Å². The van der Waals surface area contributed by atoms with Gasteiger partial charge in [0.1, 0.15) is 28.8 Å². The van der Waals surface area contributed by atoms with Crippen LogP contribution in [0, 0.1) is 0 Å². The van der Waals surface area contributed by atoms with E-state index in [1.807, 2.05) is 0 Å². The Hall–Kier alpha value is -1.96. The van der Waals surface area contributed by atoms with Crippen LogP contribution in [-0.2, 0) is 10.0 Å². The number of rotatable bonds is 8. The smallest absolute Gasteiger partial charge is 0.244 e. The van der Waals surface area contributed by atoms with Gasteiger partial charge in [-0.15, -0.1) is 0 Å². The van der Waals surface area contributed by atoms with Crippen LogP contribution in [0.3, 0.4) is 0 Å². The molecule has 24 heavy (non-hydrogen) atoms. The van der Waals surface area contributed by atoms with Gasteiger partial charge >= 0.3 is 0 Å². The highest BCUT2D eigenvalue weighted by Gasteiger charge is 2.20. The summed E-state index contributed by atoms with van der Waals surface area (Å²) in [5.74, 6) is 1.27. The topological polar surface area (TPSA) is 73.9 Å². The molecule has 2 rings (SSSR count). The molecule has 0 fully saturated rings. The van der Waals surface area contributed by atoms with E-state index in [9.17, 15) is 8.42 Å². The summed E-state index contributed by atoms with van der Waals surface area (Å²) in [6, 6.07) is 11.4. The summed E-state index contributed by atoms with van der Waals surface area (Å²) in [6.45, 7) is 0.276. The van der Waals surface area contributed by atoms with E-state index in [2.05, 4.69) is 4.72 Å². The van der Waals surface area contributed by atoms with Crippen LogP contribution in [0.2, 0.25) is 5.02 Å². The molecule has 2 aromatic rings. The van der Waals surface area contributed by atoms with Gasteiger partial charge in [-0.2, -0.15) is 0 Å². The van der Waals surface area contributed by atoms with Crippen molar-refractivity contribution in [3.63, 3.8) is 0 Å². The highest BCUT2D eigenvalue weighted by atomic mass is 35.5. The lowest BCUT2D eigenvalue weighted by Gasteiger charge is -2.12. The third-order valence-corrected chi connectivity index (χ3v) is 4.87. The van der Waals surface area contributed by atoms with E-state index in [1.165, 1.54) is 26.4 Å². The number of ether oxygens (including phenoxy) is 3. The van der Waals surface area contributed by atoms with Gasteiger partial charge in [-0.25, -0.2) is 13.1 Å². The van der Waals surface area contributed by atoms with Crippen LogP contribution >= 0.6 is 11.6 Å². The van der Waals surface area contributed by atoms with Gasteiger partial charge < -0.3 is 14.2 Å². The Kier molecular flexibility index (Phi) is 6.30. The lowest BCUT2D eigenvalue weighted by molar-refractivity contribution is 0.322. The molecule has 8 heteroatoms. The SMILES string of the molecule is COc1ccc(OC)c(S(=O)(=O)NCCOc2ccc(Cl)cc2)c1. The number of hydrogen-bond acceptors (Lipinski definition) is 5. The highest BCUT2D eigenvalue weighted by Crippen LogP contribution is 2.27. The van der Waals surface area contributed by atoms with Crippen molar-refractivity contribution in [2.75, 3.05) is 27.4 Å². The van der Waals surface area contributed by atoms with E-state index in [0.717, 1.165) is 0 Å². The number of nitrogens with one attached hydrogen (secondary N) is 1.